The van der Waals surface area contributed by atoms with E-state index in [1.165, 1.54) is 0 Å². The van der Waals surface area contributed by atoms with Crippen molar-refractivity contribution in [3.05, 3.63) is 0 Å². The van der Waals surface area contributed by atoms with Crippen molar-refractivity contribution in [2.24, 2.45) is 16.7 Å². The number of hydrogen-bond donors (Lipinski definition) is 1. The molecule has 2 fully saturated rings. The Bertz CT molecular complexity index is 305. The van der Waals surface area contributed by atoms with Gasteiger partial charge in [-0.2, -0.15) is 0 Å². The molecule has 1 spiro atoms. The van der Waals surface area contributed by atoms with Crippen LogP contribution in [-0.2, 0) is 4.74 Å². The summed E-state index contributed by atoms with van der Waals surface area (Å²) in [5.74, 6) is 0.478. The van der Waals surface area contributed by atoms with Gasteiger partial charge in [-0.05, 0) is 5.92 Å². The first-order chi connectivity index (χ1) is 8.28. The molecule has 0 radical (unpaired) electrons. The van der Waals surface area contributed by atoms with Gasteiger partial charge in [-0.15, -0.1) is 0 Å². The highest BCUT2D eigenvalue weighted by atomic mass is 19.1. The Balaban J connectivity index is 2.07. The molecule has 1 aliphatic heterocycles. The zero-order valence-corrected chi connectivity index (χ0v) is 11.9. The normalized spacial score (nSPS) is 32.5. The number of hydrogen-bond acceptors (Lipinski definition) is 2. The highest BCUT2D eigenvalue weighted by Gasteiger charge is 2.60. The molecule has 0 aromatic heterocycles. The first-order valence-electron chi connectivity index (χ1n) is 6.82. The molecule has 4 heteroatoms. The molecule has 2 aliphatic rings. The highest BCUT2D eigenvalue weighted by Crippen LogP contribution is 2.53. The van der Waals surface area contributed by atoms with Crippen molar-refractivity contribution >= 4 is 0 Å². The van der Waals surface area contributed by atoms with E-state index in [-0.39, 0.29) is 5.41 Å². The molecule has 2 rings (SSSR count). The molecule has 106 valence electrons. The van der Waals surface area contributed by atoms with Crippen LogP contribution in [0.4, 0.5) is 8.78 Å². The second-order valence-corrected chi connectivity index (χ2v) is 7.26. The molecule has 18 heavy (non-hydrogen) atoms. The minimum atomic E-state index is -0.796. The van der Waals surface area contributed by atoms with Crippen molar-refractivity contribution in [2.75, 3.05) is 20.0 Å². The van der Waals surface area contributed by atoms with Gasteiger partial charge in [0, 0.05) is 29.7 Å². The Labute approximate surface area is 108 Å². The zero-order chi connectivity index (χ0) is 13.6. The zero-order valence-electron chi connectivity index (χ0n) is 11.9. The van der Waals surface area contributed by atoms with E-state index in [1.54, 1.807) is 0 Å². The Morgan fingerprint density at radius 3 is 2.22 bits per heavy atom. The lowest BCUT2D eigenvalue weighted by molar-refractivity contribution is -0.250. The minimum Gasteiger partial charge on any atom is -0.360 e. The molecule has 1 N–H and O–H groups in total. The molecule has 0 aromatic rings. The molecule has 1 unspecified atom stereocenters. The van der Waals surface area contributed by atoms with Gasteiger partial charge in [0.1, 0.15) is 5.72 Å². The van der Waals surface area contributed by atoms with Crippen molar-refractivity contribution in [1.29, 1.82) is 0 Å². The predicted molar refractivity (Wildman–Crippen MR) is 67.8 cm³/mol. The third-order valence-electron chi connectivity index (χ3n) is 4.54. The quantitative estimate of drug-likeness (QED) is 0.843. The molecule has 0 bridgehead atoms. The number of ether oxygens (including phenoxy) is 1. The average molecular weight is 261 g/mol. The van der Waals surface area contributed by atoms with Gasteiger partial charge in [0.25, 0.3) is 0 Å². The molecular formula is C14H25F2NO. The summed E-state index contributed by atoms with van der Waals surface area (Å²) in [6.07, 6.45) is 0.901. The van der Waals surface area contributed by atoms with Gasteiger partial charge < -0.3 is 4.74 Å². The topological polar surface area (TPSA) is 21.3 Å². The lowest BCUT2D eigenvalue weighted by Crippen LogP contribution is -2.72. The fourth-order valence-electron chi connectivity index (χ4n) is 3.59. The van der Waals surface area contributed by atoms with Crippen molar-refractivity contribution in [3.63, 3.8) is 0 Å². The van der Waals surface area contributed by atoms with Crippen LogP contribution in [0, 0.1) is 16.7 Å². The monoisotopic (exact) mass is 261 g/mol. The summed E-state index contributed by atoms with van der Waals surface area (Å²) >= 11 is 0. The standard InChI is InChI=1S/C14H25F2NO/c1-10(2)11-12(3,4)9-18-14(17-11)5-13(6-14,7-15)8-16/h10-11,17H,5-9H2,1-4H3. The van der Waals surface area contributed by atoms with Crippen LogP contribution in [-0.4, -0.2) is 31.7 Å². The van der Waals surface area contributed by atoms with Gasteiger partial charge in [-0.1, -0.05) is 27.7 Å². The Morgan fingerprint density at radius 2 is 1.78 bits per heavy atom. The second kappa shape index (κ2) is 4.41. The molecule has 0 amide bonds. The second-order valence-electron chi connectivity index (χ2n) is 7.26. The predicted octanol–water partition coefficient (Wildman–Crippen LogP) is 3.07. The van der Waals surface area contributed by atoms with Crippen LogP contribution in [0.1, 0.15) is 40.5 Å². The third kappa shape index (κ3) is 2.18. The fraction of sp³-hybridized carbons (Fsp3) is 1.00. The maximum Gasteiger partial charge on any atom is 0.120 e. The number of nitrogens with one attached hydrogen (secondary N) is 1. The maximum atomic E-state index is 12.9. The minimum absolute atomic E-state index is 0.0586. The first-order valence-corrected chi connectivity index (χ1v) is 6.82. The molecule has 1 aliphatic carbocycles. The van der Waals surface area contributed by atoms with Gasteiger partial charge in [0.15, 0.2) is 0 Å². The van der Waals surface area contributed by atoms with Crippen molar-refractivity contribution < 1.29 is 13.5 Å². The smallest absolute Gasteiger partial charge is 0.120 e. The van der Waals surface area contributed by atoms with Crippen molar-refractivity contribution in [1.82, 2.24) is 5.32 Å². The summed E-state index contributed by atoms with van der Waals surface area (Å²) in [7, 11) is 0. The molecule has 1 atom stereocenters. The highest BCUT2D eigenvalue weighted by molar-refractivity contribution is 5.08. The molecule has 2 nitrogen and oxygen atoms in total. The fourth-order valence-corrected chi connectivity index (χ4v) is 3.59. The van der Waals surface area contributed by atoms with Crippen LogP contribution in [0.5, 0.6) is 0 Å². The summed E-state index contributed by atoms with van der Waals surface area (Å²) < 4.78 is 31.7. The number of rotatable bonds is 3. The summed E-state index contributed by atoms with van der Waals surface area (Å²) in [4.78, 5) is 0. The van der Waals surface area contributed by atoms with E-state index < -0.39 is 24.5 Å². The van der Waals surface area contributed by atoms with Gasteiger partial charge in [-0.25, -0.2) is 0 Å². The van der Waals surface area contributed by atoms with E-state index in [9.17, 15) is 8.78 Å². The SMILES string of the molecule is CC(C)C1NC2(CC(CF)(CF)C2)OCC1(C)C. The van der Waals surface area contributed by atoms with E-state index in [0.717, 1.165) is 0 Å². The number of alkyl halides is 2. The molecule has 1 heterocycles. The summed E-state index contributed by atoms with van der Waals surface area (Å²) in [5.41, 5.74) is -1.22. The van der Waals surface area contributed by atoms with E-state index in [2.05, 4.69) is 33.0 Å². The van der Waals surface area contributed by atoms with Crippen molar-refractivity contribution in [2.45, 2.75) is 52.3 Å². The van der Waals surface area contributed by atoms with Crippen molar-refractivity contribution in [3.8, 4) is 0 Å². The maximum absolute atomic E-state index is 12.9. The Hall–Kier alpha value is -0.220. The van der Waals surface area contributed by atoms with E-state index >= 15 is 0 Å². The molecule has 0 aromatic carbocycles. The van der Waals surface area contributed by atoms with Crippen LogP contribution >= 0.6 is 0 Å². The third-order valence-corrected chi connectivity index (χ3v) is 4.54. The summed E-state index contributed by atoms with van der Waals surface area (Å²) in [6, 6.07) is 0.323. The van der Waals surface area contributed by atoms with Gasteiger partial charge >= 0.3 is 0 Å². The lowest BCUT2D eigenvalue weighted by Gasteiger charge is -2.60. The van der Waals surface area contributed by atoms with Crippen LogP contribution in [0.15, 0.2) is 0 Å². The van der Waals surface area contributed by atoms with Gasteiger partial charge in [-0.3, -0.25) is 14.1 Å². The van der Waals surface area contributed by atoms with E-state index in [4.69, 9.17) is 4.74 Å². The first kappa shape index (κ1) is 14.2. The molecule has 1 saturated carbocycles. The van der Waals surface area contributed by atoms with Crippen LogP contribution in [0.2, 0.25) is 0 Å². The average Bonchev–Trinajstić information content (AvgIpc) is 2.26. The summed E-state index contributed by atoms with van der Waals surface area (Å²) in [6.45, 7) is 8.17. The van der Waals surface area contributed by atoms with Gasteiger partial charge in [0.05, 0.1) is 20.0 Å². The molecular weight excluding hydrogens is 236 g/mol. The largest absolute Gasteiger partial charge is 0.360 e. The summed E-state index contributed by atoms with van der Waals surface area (Å²) in [5, 5.41) is 3.52. The molecule has 1 saturated heterocycles. The van der Waals surface area contributed by atoms with Crippen LogP contribution < -0.4 is 5.32 Å². The van der Waals surface area contributed by atoms with Gasteiger partial charge in [0.2, 0.25) is 0 Å². The number of halogens is 2. The van der Waals surface area contributed by atoms with E-state index in [1.807, 2.05) is 0 Å². The Morgan fingerprint density at radius 1 is 1.22 bits per heavy atom. The van der Waals surface area contributed by atoms with E-state index in [0.29, 0.717) is 31.4 Å². The van der Waals surface area contributed by atoms with Crippen LogP contribution in [0.25, 0.3) is 0 Å². The lowest BCUT2D eigenvalue weighted by atomic mass is 9.62. The van der Waals surface area contributed by atoms with Crippen LogP contribution in [0.3, 0.4) is 0 Å². The Kier molecular flexibility index (Phi) is 3.48.